The van der Waals surface area contributed by atoms with Gasteiger partial charge in [0.05, 0.1) is 10.5 Å². The van der Waals surface area contributed by atoms with E-state index in [-0.39, 0.29) is 23.5 Å². The van der Waals surface area contributed by atoms with E-state index in [9.17, 15) is 19.7 Å². The van der Waals surface area contributed by atoms with Crippen LogP contribution in [0.2, 0.25) is 0 Å². The van der Waals surface area contributed by atoms with Crippen molar-refractivity contribution in [1.29, 1.82) is 0 Å². The standard InChI is InChI=1S/C23H24N4O4/c1-14-11-15(22(28)25-16-5-3-2-4-6-16)7-9-20(14)26-23(29)19-13-24-21-10-8-17(27(30)31)12-18(19)21/h7-13,16,24H,2-6H2,1H3,(H,25,28)(H,26,29). The Labute approximate surface area is 179 Å². The van der Waals surface area contributed by atoms with Crippen molar-refractivity contribution in [2.75, 3.05) is 5.32 Å². The summed E-state index contributed by atoms with van der Waals surface area (Å²) in [4.78, 5) is 38.9. The molecule has 8 nitrogen and oxygen atoms in total. The molecule has 1 aliphatic rings. The van der Waals surface area contributed by atoms with Gasteiger partial charge in [0.25, 0.3) is 17.5 Å². The number of amides is 2. The van der Waals surface area contributed by atoms with E-state index in [1.54, 1.807) is 24.3 Å². The summed E-state index contributed by atoms with van der Waals surface area (Å²) in [6.07, 6.45) is 7.08. The van der Waals surface area contributed by atoms with Crippen molar-refractivity contribution in [3.8, 4) is 0 Å². The molecule has 8 heteroatoms. The van der Waals surface area contributed by atoms with Crippen LogP contribution in [0.4, 0.5) is 11.4 Å². The van der Waals surface area contributed by atoms with Gasteiger partial charge in [-0.25, -0.2) is 0 Å². The summed E-state index contributed by atoms with van der Waals surface area (Å²) >= 11 is 0. The molecule has 0 radical (unpaired) electrons. The highest BCUT2D eigenvalue weighted by atomic mass is 16.6. The van der Waals surface area contributed by atoms with Crippen molar-refractivity contribution >= 4 is 34.1 Å². The molecule has 3 N–H and O–H groups in total. The highest BCUT2D eigenvalue weighted by Gasteiger charge is 2.19. The summed E-state index contributed by atoms with van der Waals surface area (Å²) in [5, 5.41) is 17.5. The number of aryl methyl sites for hydroxylation is 1. The third kappa shape index (κ3) is 4.42. The number of aromatic amines is 1. The zero-order chi connectivity index (χ0) is 22.0. The Hall–Kier alpha value is -3.68. The third-order valence-corrected chi connectivity index (χ3v) is 5.80. The average Bonchev–Trinajstić information content (AvgIpc) is 3.19. The van der Waals surface area contributed by atoms with Gasteiger partial charge in [0, 0.05) is 46.5 Å². The SMILES string of the molecule is Cc1cc(C(=O)NC2CCCCC2)ccc1NC(=O)c1c[nH]c2ccc([N+](=O)[O-])cc12. The quantitative estimate of drug-likeness (QED) is 0.410. The Bertz CT molecular complexity index is 1160. The van der Waals surface area contributed by atoms with Crippen LogP contribution >= 0.6 is 0 Å². The number of nitro benzene ring substituents is 1. The van der Waals surface area contributed by atoms with E-state index in [4.69, 9.17) is 0 Å². The zero-order valence-electron chi connectivity index (χ0n) is 17.2. The molecule has 1 saturated carbocycles. The maximum absolute atomic E-state index is 12.8. The van der Waals surface area contributed by atoms with E-state index in [0.717, 1.165) is 31.2 Å². The summed E-state index contributed by atoms with van der Waals surface area (Å²) in [6.45, 7) is 1.83. The number of nitrogens with one attached hydrogen (secondary N) is 3. The van der Waals surface area contributed by atoms with Crippen LogP contribution in [0.5, 0.6) is 0 Å². The van der Waals surface area contributed by atoms with Gasteiger partial charge < -0.3 is 15.6 Å². The van der Waals surface area contributed by atoms with Crippen LogP contribution in [0.25, 0.3) is 10.9 Å². The number of carbonyl (C=O) groups excluding carboxylic acids is 2. The summed E-state index contributed by atoms with van der Waals surface area (Å²) in [7, 11) is 0. The van der Waals surface area contributed by atoms with E-state index in [0.29, 0.717) is 27.7 Å². The first-order chi connectivity index (χ1) is 14.9. The smallest absolute Gasteiger partial charge is 0.270 e. The molecule has 1 fully saturated rings. The Balaban J connectivity index is 1.50. The highest BCUT2D eigenvalue weighted by molar-refractivity contribution is 6.13. The topological polar surface area (TPSA) is 117 Å². The lowest BCUT2D eigenvalue weighted by Crippen LogP contribution is -2.36. The fourth-order valence-corrected chi connectivity index (χ4v) is 4.06. The summed E-state index contributed by atoms with van der Waals surface area (Å²) in [6, 6.07) is 9.74. The number of aromatic nitrogens is 1. The highest BCUT2D eigenvalue weighted by Crippen LogP contribution is 2.25. The van der Waals surface area contributed by atoms with Gasteiger partial charge in [-0.2, -0.15) is 0 Å². The number of carbonyl (C=O) groups is 2. The molecule has 4 rings (SSSR count). The second-order valence-electron chi connectivity index (χ2n) is 7.98. The molecule has 2 amide bonds. The number of anilines is 1. The van der Waals surface area contributed by atoms with Crippen LogP contribution in [0, 0.1) is 17.0 Å². The number of hydrogen-bond acceptors (Lipinski definition) is 4. The van der Waals surface area contributed by atoms with E-state index < -0.39 is 4.92 Å². The van der Waals surface area contributed by atoms with Crippen LogP contribution in [0.15, 0.2) is 42.6 Å². The fourth-order valence-electron chi connectivity index (χ4n) is 4.06. The molecule has 0 spiro atoms. The van der Waals surface area contributed by atoms with Crippen molar-refractivity contribution in [3.05, 3.63) is 69.4 Å². The van der Waals surface area contributed by atoms with Crippen LogP contribution < -0.4 is 10.6 Å². The van der Waals surface area contributed by atoms with E-state index in [1.807, 2.05) is 6.92 Å². The van der Waals surface area contributed by atoms with Gasteiger partial charge in [-0.15, -0.1) is 0 Å². The van der Waals surface area contributed by atoms with Crippen molar-refractivity contribution in [3.63, 3.8) is 0 Å². The number of hydrogen-bond donors (Lipinski definition) is 3. The Morgan fingerprint density at radius 2 is 1.84 bits per heavy atom. The molecule has 31 heavy (non-hydrogen) atoms. The zero-order valence-corrected chi connectivity index (χ0v) is 17.2. The normalized spacial score (nSPS) is 14.4. The number of nitro groups is 1. The predicted molar refractivity (Wildman–Crippen MR) is 118 cm³/mol. The molecule has 0 aliphatic heterocycles. The first-order valence-electron chi connectivity index (χ1n) is 10.4. The van der Waals surface area contributed by atoms with Gasteiger partial charge in [-0.3, -0.25) is 19.7 Å². The summed E-state index contributed by atoms with van der Waals surface area (Å²) in [5.74, 6) is -0.480. The van der Waals surface area contributed by atoms with Crippen molar-refractivity contribution in [2.24, 2.45) is 0 Å². The lowest BCUT2D eigenvalue weighted by molar-refractivity contribution is -0.384. The summed E-state index contributed by atoms with van der Waals surface area (Å²) < 4.78 is 0. The number of rotatable bonds is 5. The first-order valence-corrected chi connectivity index (χ1v) is 10.4. The van der Waals surface area contributed by atoms with E-state index in [2.05, 4.69) is 15.6 Å². The number of fused-ring (bicyclic) bond motifs is 1. The monoisotopic (exact) mass is 420 g/mol. The molecular formula is C23H24N4O4. The van der Waals surface area contributed by atoms with Gasteiger partial charge in [-0.1, -0.05) is 19.3 Å². The van der Waals surface area contributed by atoms with Crippen molar-refractivity contribution in [1.82, 2.24) is 10.3 Å². The Kier molecular flexibility index (Phi) is 5.70. The second kappa shape index (κ2) is 8.59. The first kappa shape index (κ1) is 20.6. The van der Waals surface area contributed by atoms with Crippen molar-refractivity contribution in [2.45, 2.75) is 45.1 Å². The number of nitrogens with zero attached hydrogens (tertiary/aromatic N) is 1. The Morgan fingerprint density at radius 3 is 2.55 bits per heavy atom. The Morgan fingerprint density at radius 1 is 1.06 bits per heavy atom. The van der Waals surface area contributed by atoms with Crippen LogP contribution in [0.3, 0.4) is 0 Å². The number of non-ortho nitro benzene ring substituents is 1. The molecule has 2 aromatic carbocycles. The molecular weight excluding hydrogens is 396 g/mol. The maximum atomic E-state index is 12.8. The largest absolute Gasteiger partial charge is 0.360 e. The van der Waals surface area contributed by atoms with Gasteiger partial charge in [0.15, 0.2) is 0 Å². The van der Waals surface area contributed by atoms with E-state index in [1.165, 1.54) is 24.8 Å². The lowest BCUT2D eigenvalue weighted by atomic mass is 9.95. The van der Waals surface area contributed by atoms with Gasteiger partial charge in [0.1, 0.15) is 0 Å². The van der Waals surface area contributed by atoms with Crippen LogP contribution in [-0.2, 0) is 0 Å². The molecule has 160 valence electrons. The molecule has 0 unspecified atom stereocenters. The minimum atomic E-state index is -0.491. The molecule has 0 bridgehead atoms. The molecule has 1 aromatic heterocycles. The minimum absolute atomic E-state index is 0.0781. The van der Waals surface area contributed by atoms with Crippen molar-refractivity contribution < 1.29 is 14.5 Å². The number of H-pyrrole nitrogens is 1. The molecule has 1 aliphatic carbocycles. The number of benzene rings is 2. The van der Waals surface area contributed by atoms with Gasteiger partial charge in [0.2, 0.25) is 0 Å². The maximum Gasteiger partial charge on any atom is 0.270 e. The third-order valence-electron chi connectivity index (χ3n) is 5.80. The fraction of sp³-hybridized carbons (Fsp3) is 0.304. The summed E-state index contributed by atoms with van der Waals surface area (Å²) in [5.41, 5.74) is 2.78. The van der Waals surface area contributed by atoms with Gasteiger partial charge >= 0.3 is 0 Å². The lowest BCUT2D eigenvalue weighted by Gasteiger charge is -2.23. The molecule has 0 saturated heterocycles. The average molecular weight is 420 g/mol. The molecule has 3 aromatic rings. The van der Waals surface area contributed by atoms with Crippen LogP contribution in [-0.4, -0.2) is 27.8 Å². The van der Waals surface area contributed by atoms with Crippen LogP contribution in [0.1, 0.15) is 58.4 Å². The molecule has 1 heterocycles. The second-order valence-corrected chi connectivity index (χ2v) is 7.98. The predicted octanol–water partition coefficient (Wildman–Crippen LogP) is 4.70. The van der Waals surface area contributed by atoms with E-state index >= 15 is 0 Å². The minimum Gasteiger partial charge on any atom is -0.360 e. The van der Waals surface area contributed by atoms with Gasteiger partial charge in [-0.05, 0) is 49.6 Å². The molecule has 0 atom stereocenters.